The summed E-state index contributed by atoms with van der Waals surface area (Å²) in [5.74, 6) is -0.102. The second-order valence-electron chi connectivity index (χ2n) is 6.02. The molecule has 0 atom stereocenters. The third kappa shape index (κ3) is 5.60. The normalized spacial score (nSPS) is 11.2. The highest BCUT2D eigenvalue weighted by atomic mass is 32.2. The molecule has 1 amide bonds. The molecule has 0 heterocycles. The largest absolute Gasteiger partial charge is 0.339 e. The number of amides is 1. The summed E-state index contributed by atoms with van der Waals surface area (Å²) in [6.45, 7) is 4.94. The maximum atomic E-state index is 12.8. The predicted octanol–water partition coefficient (Wildman–Crippen LogP) is 3.07. The highest BCUT2D eigenvalue weighted by molar-refractivity contribution is 7.92. The Balaban J connectivity index is 2.15. The zero-order chi connectivity index (χ0) is 18.4. The average Bonchev–Trinajstić information content (AvgIpc) is 2.57. The van der Waals surface area contributed by atoms with Gasteiger partial charge in [-0.25, -0.2) is 8.42 Å². The summed E-state index contributed by atoms with van der Waals surface area (Å²) in [6, 6.07) is 15.1. The van der Waals surface area contributed by atoms with E-state index in [0.29, 0.717) is 24.3 Å². The fourth-order valence-corrected chi connectivity index (χ4v) is 3.18. The molecule has 2 aromatic rings. The quantitative estimate of drug-likeness (QED) is 0.825. The van der Waals surface area contributed by atoms with Crippen molar-refractivity contribution in [3.05, 3.63) is 65.2 Å². The maximum absolute atomic E-state index is 12.8. The van der Waals surface area contributed by atoms with Crippen LogP contribution in [0, 0.1) is 6.92 Å². The summed E-state index contributed by atoms with van der Waals surface area (Å²) < 4.78 is 25.4. The minimum Gasteiger partial charge on any atom is -0.339 e. The SMILES string of the molecule is CCN(CCc1ccccc1)C(=O)c1ccc(C)c(NS(C)(=O)=O)c1. The number of carbonyl (C=O) groups is 1. The van der Waals surface area contributed by atoms with Crippen molar-refractivity contribution in [1.82, 2.24) is 4.90 Å². The van der Waals surface area contributed by atoms with Crippen LogP contribution < -0.4 is 4.72 Å². The van der Waals surface area contributed by atoms with Gasteiger partial charge in [0.25, 0.3) is 5.91 Å². The minimum absolute atomic E-state index is 0.102. The molecule has 0 spiro atoms. The van der Waals surface area contributed by atoms with E-state index in [4.69, 9.17) is 0 Å². The number of aryl methyl sites for hydroxylation is 1. The van der Waals surface area contributed by atoms with E-state index in [0.717, 1.165) is 18.2 Å². The molecule has 25 heavy (non-hydrogen) atoms. The smallest absolute Gasteiger partial charge is 0.253 e. The molecule has 0 fully saturated rings. The van der Waals surface area contributed by atoms with Gasteiger partial charge in [-0.15, -0.1) is 0 Å². The molecule has 0 aliphatic carbocycles. The topological polar surface area (TPSA) is 66.5 Å². The fraction of sp³-hybridized carbons (Fsp3) is 0.316. The van der Waals surface area contributed by atoms with Gasteiger partial charge in [0.2, 0.25) is 10.0 Å². The number of hydrogen-bond acceptors (Lipinski definition) is 3. The van der Waals surface area contributed by atoms with Gasteiger partial charge in [-0.1, -0.05) is 36.4 Å². The molecule has 2 rings (SSSR count). The molecule has 2 aromatic carbocycles. The Bertz CT molecular complexity index is 833. The van der Waals surface area contributed by atoms with Crippen LogP contribution in [0.25, 0.3) is 0 Å². The average molecular weight is 360 g/mol. The van der Waals surface area contributed by atoms with E-state index < -0.39 is 10.0 Å². The maximum Gasteiger partial charge on any atom is 0.253 e. The lowest BCUT2D eigenvalue weighted by molar-refractivity contribution is 0.0766. The number of likely N-dealkylation sites (N-methyl/N-ethyl adjacent to an activating group) is 1. The van der Waals surface area contributed by atoms with Crippen molar-refractivity contribution in [2.75, 3.05) is 24.1 Å². The van der Waals surface area contributed by atoms with Crippen LogP contribution in [0.15, 0.2) is 48.5 Å². The van der Waals surface area contributed by atoms with Crippen molar-refractivity contribution in [3.8, 4) is 0 Å². The van der Waals surface area contributed by atoms with E-state index in [-0.39, 0.29) is 5.91 Å². The van der Waals surface area contributed by atoms with Gasteiger partial charge in [0.1, 0.15) is 0 Å². The molecule has 1 N–H and O–H groups in total. The zero-order valence-electron chi connectivity index (χ0n) is 14.8. The van der Waals surface area contributed by atoms with Crippen LogP contribution in [0.4, 0.5) is 5.69 Å². The first kappa shape index (κ1) is 19.0. The second kappa shape index (κ2) is 8.16. The van der Waals surface area contributed by atoms with Crippen LogP contribution in [-0.2, 0) is 16.4 Å². The van der Waals surface area contributed by atoms with Gasteiger partial charge in [0.05, 0.1) is 11.9 Å². The van der Waals surface area contributed by atoms with E-state index in [1.165, 1.54) is 5.56 Å². The second-order valence-corrected chi connectivity index (χ2v) is 7.77. The van der Waals surface area contributed by atoms with Crippen LogP contribution in [0.1, 0.15) is 28.4 Å². The van der Waals surface area contributed by atoms with Gasteiger partial charge in [-0.05, 0) is 43.5 Å². The number of rotatable bonds is 7. The van der Waals surface area contributed by atoms with E-state index in [1.54, 1.807) is 30.0 Å². The van der Waals surface area contributed by atoms with Gasteiger partial charge in [0, 0.05) is 18.7 Å². The van der Waals surface area contributed by atoms with Crippen molar-refractivity contribution in [3.63, 3.8) is 0 Å². The Morgan fingerprint density at radius 3 is 2.40 bits per heavy atom. The van der Waals surface area contributed by atoms with Crippen LogP contribution >= 0.6 is 0 Å². The van der Waals surface area contributed by atoms with Crippen LogP contribution in [0.5, 0.6) is 0 Å². The third-order valence-corrected chi connectivity index (χ3v) is 4.55. The first-order chi connectivity index (χ1) is 11.8. The van der Waals surface area contributed by atoms with E-state index in [1.807, 2.05) is 37.3 Å². The van der Waals surface area contributed by atoms with E-state index >= 15 is 0 Å². The first-order valence-electron chi connectivity index (χ1n) is 8.22. The molecule has 0 saturated heterocycles. The summed E-state index contributed by atoms with van der Waals surface area (Å²) in [5.41, 5.74) is 2.87. The highest BCUT2D eigenvalue weighted by Gasteiger charge is 2.16. The minimum atomic E-state index is -3.39. The standard InChI is InChI=1S/C19H24N2O3S/c1-4-21(13-12-16-8-6-5-7-9-16)19(22)17-11-10-15(2)18(14-17)20-25(3,23)24/h5-11,14,20H,4,12-13H2,1-3H3. The number of nitrogens with zero attached hydrogens (tertiary/aromatic N) is 1. The Kier molecular flexibility index (Phi) is 6.20. The summed E-state index contributed by atoms with van der Waals surface area (Å²) in [5, 5.41) is 0. The lowest BCUT2D eigenvalue weighted by Gasteiger charge is -2.21. The lowest BCUT2D eigenvalue weighted by Crippen LogP contribution is -2.32. The number of sulfonamides is 1. The van der Waals surface area contributed by atoms with Crippen LogP contribution in [-0.4, -0.2) is 38.6 Å². The number of anilines is 1. The molecule has 6 heteroatoms. The highest BCUT2D eigenvalue weighted by Crippen LogP contribution is 2.19. The molecule has 0 unspecified atom stereocenters. The summed E-state index contributed by atoms with van der Waals surface area (Å²) in [7, 11) is -3.39. The Hall–Kier alpha value is -2.34. The monoisotopic (exact) mass is 360 g/mol. The van der Waals surface area contributed by atoms with Crippen molar-refractivity contribution < 1.29 is 13.2 Å². The molecule has 0 aromatic heterocycles. The van der Waals surface area contributed by atoms with Gasteiger partial charge in [-0.2, -0.15) is 0 Å². The molecule has 0 aliphatic rings. The van der Waals surface area contributed by atoms with Gasteiger partial charge in [-0.3, -0.25) is 9.52 Å². The zero-order valence-corrected chi connectivity index (χ0v) is 15.6. The van der Waals surface area contributed by atoms with Crippen molar-refractivity contribution in [2.45, 2.75) is 20.3 Å². The molecular formula is C19H24N2O3S. The van der Waals surface area contributed by atoms with Crippen LogP contribution in [0.3, 0.4) is 0 Å². The number of nitrogens with one attached hydrogen (secondary N) is 1. The van der Waals surface area contributed by atoms with E-state index in [2.05, 4.69) is 4.72 Å². The van der Waals surface area contributed by atoms with Crippen LogP contribution in [0.2, 0.25) is 0 Å². The summed E-state index contributed by atoms with van der Waals surface area (Å²) in [4.78, 5) is 14.5. The van der Waals surface area contributed by atoms with Crippen molar-refractivity contribution in [1.29, 1.82) is 0 Å². The van der Waals surface area contributed by atoms with E-state index in [9.17, 15) is 13.2 Å². The van der Waals surface area contributed by atoms with Crippen molar-refractivity contribution in [2.24, 2.45) is 0 Å². The Morgan fingerprint density at radius 2 is 1.80 bits per heavy atom. The fourth-order valence-electron chi connectivity index (χ4n) is 2.56. The molecule has 0 radical (unpaired) electrons. The van der Waals surface area contributed by atoms with Gasteiger partial charge < -0.3 is 4.90 Å². The molecule has 0 aliphatic heterocycles. The lowest BCUT2D eigenvalue weighted by atomic mass is 10.1. The third-order valence-electron chi connectivity index (χ3n) is 3.96. The van der Waals surface area contributed by atoms with Gasteiger partial charge in [0.15, 0.2) is 0 Å². The number of benzene rings is 2. The van der Waals surface area contributed by atoms with Crippen molar-refractivity contribution >= 4 is 21.6 Å². The summed E-state index contributed by atoms with van der Waals surface area (Å²) in [6.07, 6.45) is 1.87. The first-order valence-corrected chi connectivity index (χ1v) is 10.1. The predicted molar refractivity (Wildman–Crippen MR) is 101 cm³/mol. The van der Waals surface area contributed by atoms with Gasteiger partial charge >= 0.3 is 0 Å². The Morgan fingerprint density at radius 1 is 1.12 bits per heavy atom. The molecule has 0 bridgehead atoms. The molecule has 134 valence electrons. The molecule has 0 saturated carbocycles. The number of carbonyl (C=O) groups excluding carboxylic acids is 1. The number of hydrogen-bond donors (Lipinski definition) is 1. The molecular weight excluding hydrogens is 336 g/mol. The Labute approximate surface area is 149 Å². The summed E-state index contributed by atoms with van der Waals surface area (Å²) >= 11 is 0. The molecule has 5 nitrogen and oxygen atoms in total.